The minimum Gasteiger partial charge on any atom is -0.481 e. The van der Waals surface area contributed by atoms with E-state index in [1.165, 1.54) is 12.8 Å². The summed E-state index contributed by atoms with van der Waals surface area (Å²) in [5.74, 6) is -0.909. The first-order valence-corrected chi connectivity index (χ1v) is 6.48. The van der Waals surface area contributed by atoms with E-state index in [1.54, 1.807) is 6.92 Å². The third-order valence-electron chi connectivity index (χ3n) is 2.97. The Hall–Kier alpha value is -1.30. The molecule has 2 atom stereocenters. The minimum atomic E-state index is -0.909. The molecule has 18 heavy (non-hydrogen) atoms. The maximum Gasteiger partial charge on any atom is 0.315 e. The molecule has 0 aromatic rings. The number of nitrogens with zero attached hydrogens (tertiary/aromatic N) is 1. The molecule has 1 rings (SSSR count). The van der Waals surface area contributed by atoms with Gasteiger partial charge in [0.05, 0.1) is 6.42 Å². The maximum atomic E-state index is 11.6. The lowest BCUT2D eigenvalue weighted by Gasteiger charge is -2.22. The summed E-state index contributed by atoms with van der Waals surface area (Å²) in [7, 11) is 0. The lowest BCUT2D eigenvalue weighted by molar-refractivity contribution is -0.137. The summed E-state index contributed by atoms with van der Waals surface area (Å²) in [6, 6.07) is -0.586. The highest BCUT2D eigenvalue weighted by Crippen LogP contribution is 2.07. The van der Waals surface area contributed by atoms with Gasteiger partial charge in [-0.3, -0.25) is 4.79 Å². The van der Waals surface area contributed by atoms with Gasteiger partial charge < -0.3 is 20.6 Å². The molecule has 2 amide bonds. The van der Waals surface area contributed by atoms with Crippen LogP contribution in [0.2, 0.25) is 0 Å². The second-order valence-corrected chi connectivity index (χ2v) is 5.03. The first kappa shape index (κ1) is 14.8. The molecule has 104 valence electrons. The normalized spacial score (nSPS) is 19.2. The molecule has 1 heterocycles. The van der Waals surface area contributed by atoms with E-state index in [4.69, 9.17) is 5.11 Å². The Bertz CT molecular complexity index is 290. The van der Waals surface area contributed by atoms with Crippen LogP contribution in [0, 0.1) is 0 Å². The van der Waals surface area contributed by atoms with Crippen molar-refractivity contribution < 1.29 is 14.7 Å². The molecule has 0 aromatic heterocycles. The van der Waals surface area contributed by atoms with Gasteiger partial charge in [-0.05, 0) is 39.8 Å². The number of amides is 2. The molecule has 0 aliphatic carbocycles. The average molecular weight is 257 g/mol. The number of carbonyl (C=O) groups is 2. The number of carboxylic acid groups (broad SMARTS) is 1. The molecular formula is C12H23N3O3. The minimum absolute atomic E-state index is 0.0616. The van der Waals surface area contributed by atoms with Crippen molar-refractivity contribution in [2.24, 2.45) is 0 Å². The molecule has 0 aromatic carbocycles. The standard InChI is InChI=1S/C12H23N3O3/c1-9(7-11(16)17)13-12(18)14-10(2)8-15-5-3-4-6-15/h9-10H,3-8H2,1-2H3,(H,16,17)(H2,13,14,18). The third-order valence-corrected chi connectivity index (χ3v) is 2.97. The van der Waals surface area contributed by atoms with Crippen molar-refractivity contribution in [1.29, 1.82) is 0 Å². The van der Waals surface area contributed by atoms with E-state index in [0.717, 1.165) is 19.6 Å². The van der Waals surface area contributed by atoms with Gasteiger partial charge in [-0.1, -0.05) is 0 Å². The van der Waals surface area contributed by atoms with Crippen molar-refractivity contribution >= 4 is 12.0 Å². The van der Waals surface area contributed by atoms with E-state index < -0.39 is 5.97 Å². The zero-order valence-corrected chi connectivity index (χ0v) is 11.1. The Morgan fingerprint density at radius 1 is 1.17 bits per heavy atom. The second kappa shape index (κ2) is 7.20. The van der Waals surface area contributed by atoms with Gasteiger partial charge in [-0.15, -0.1) is 0 Å². The molecule has 0 bridgehead atoms. The number of aliphatic carboxylic acids is 1. The van der Waals surface area contributed by atoms with E-state index >= 15 is 0 Å². The Morgan fingerprint density at radius 3 is 2.28 bits per heavy atom. The number of likely N-dealkylation sites (tertiary alicyclic amines) is 1. The van der Waals surface area contributed by atoms with Gasteiger partial charge in [0, 0.05) is 18.6 Å². The second-order valence-electron chi connectivity index (χ2n) is 5.03. The molecule has 0 spiro atoms. The highest BCUT2D eigenvalue weighted by Gasteiger charge is 2.17. The molecule has 0 saturated carbocycles. The highest BCUT2D eigenvalue weighted by molar-refractivity contribution is 5.75. The number of urea groups is 1. The van der Waals surface area contributed by atoms with Gasteiger partial charge in [0.1, 0.15) is 0 Å². The van der Waals surface area contributed by atoms with Crippen LogP contribution in [0.15, 0.2) is 0 Å². The molecule has 1 fully saturated rings. The van der Waals surface area contributed by atoms with Gasteiger partial charge in [0.15, 0.2) is 0 Å². The van der Waals surface area contributed by atoms with Crippen LogP contribution in [-0.4, -0.2) is 53.7 Å². The number of nitrogens with one attached hydrogen (secondary N) is 2. The lowest BCUT2D eigenvalue weighted by Crippen LogP contribution is -2.48. The molecule has 2 unspecified atom stereocenters. The number of rotatable bonds is 6. The van der Waals surface area contributed by atoms with Crippen LogP contribution in [0.4, 0.5) is 4.79 Å². The van der Waals surface area contributed by atoms with E-state index in [9.17, 15) is 9.59 Å². The monoisotopic (exact) mass is 257 g/mol. The van der Waals surface area contributed by atoms with Crippen molar-refractivity contribution in [3.05, 3.63) is 0 Å². The Balaban J connectivity index is 2.19. The van der Waals surface area contributed by atoms with Crippen molar-refractivity contribution in [1.82, 2.24) is 15.5 Å². The Morgan fingerprint density at radius 2 is 1.72 bits per heavy atom. The summed E-state index contributed by atoms with van der Waals surface area (Å²) >= 11 is 0. The average Bonchev–Trinajstić information content (AvgIpc) is 2.67. The zero-order valence-electron chi connectivity index (χ0n) is 11.1. The van der Waals surface area contributed by atoms with Crippen LogP contribution >= 0.6 is 0 Å². The maximum absolute atomic E-state index is 11.6. The fourth-order valence-electron chi connectivity index (χ4n) is 2.20. The quantitative estimate of drug-likeness (QED) is 0.652. The van der Waals surface area contributed by atoms with E-state index in [-0.39, 0.29) is 24.5 Å². The van der Waals surface area contributed by atoms with Gasteiger partial charge in [0.25, 0.3) is 0 Å². The van der Waals surface area contributed by atoms with Gasteiger partial charge in [-0.25, -0.2) is 4.79 Å². The van der Waals surface area contributed by atoms with Crippen LogP contribution in [0.3, 0.4) is 0 Å². The third kappa shape index (κ3) is 5.86. The van der Waals surface area contributed by atoms with Crippen molar-refractivity contribution in [2.45, 2.75) is 45.2 Å². The first-order chi connectivity index (χ1) is 8.47. The van der Waals surface area contributed by atoms with Crippen LogP contribution in [0.5, 0.6) is 0 Å². The fourth-order valence-corrected chi connectivity index (χ4v) is 2.20. The van der Waals surface area contributed by atoms with Gasteiger partial charge in [-0.2, -0.15) is 0 Å². The number of hydrogen-bond acceptors (Lipinski definition) is 3. The predicted octanol–water partition coefficient (Wildman–Crippen LogP) is 0.633. The molecule has 1 aliphatic heterocycles. The molecule has 0 radical (unpaired) electrons. The van der Waals surface area contributed by atoms with Crippen LogP contribution in [0.25, 0.3) is 0 Å². The smallest absolute Gasteiger partial charge is 0.315 e. The number of hydrogen-bond donors (Lipinski definition) is 3. The molecule has 3 N–H and O–H groups in total. The summed E-state index contributed by atoms with van der Waals surface area (Å²) in [6.07, 6.45) is 2.40. The van der Waals surface area contributed by atoms with Crippen LogP contribution in [0.1, 0.15) is 33.1 Å². The molecule has 1 saturated heterocycles. The predicted molar refractivity (Wildman–Crippen MR) is 68.5 cm³/mol. The van der Waals surface area contributed by atoms with Gasteiger partial charge in [0.2, 0.25) is 0 Å². The zero-order chi connectivity index (χ0) is 13.5. The first-order valence-electron chi connectivity index (χ1n) is 6.48. The lowest BCUT2D eigenvalue weighted by atomic mass is 10.2. The molecule has 6 heteroatoms. The van der Waals surface area contributed by atoms with E-state index in [1.807, 2.05) is 6.92 Å². The van der Waals surface area contributed by atoms with Crippen LogP contribution < -0.4 is 10.6 Å². The Labute approximate surface area is 108 Å². The summed E-state index contributed by atoms with van der Waals surface area (Å²) in [6.45, 7) is 6.69. The van der Waals surface area contributed by atoms with Crippen LogP contribution in [-0.2, 0) is 4.79 Å². The molecule has 6 nitrogen and oxygen atoms in total. The fraction of sp³-hybridized carbons (Fsp3) is 0.833. The number of carboxylic acids is 1. The van der Waals surface area contributed by atoms with Crippen molar-refractivity contribution in [2.75, 3.05) is 19.6 Å². The SMILES string of the molecule is CC(CC(=O)O)NC(=O)NC(C)CN1CCCC1. The largest absolute Gasteiger partial charge is 0.481 e. The van der Waals surface area contributed by atoms with E-state index in [0.29, 0.717) is 0 Å². The topological polar surface area (TPSA) is 81.7 Å². The van der Waals surface area contributed by atoms with Crippen molar-refractivity contribution in [3.8, 4) is 0 Å². The molecular weight excluding hydrogens is 234 g/mol. The Kier molecular flexibility index (Phi) is 5.91. The summed E-state index contributed by atoms with van der Waals surface area (Å²) < 4.78 is 0. The summed E-state index contributed by atoms with van der Waals surface area (Å²) in [4.78, 5) is 24.4. The molecule has 1 aliphatic rings. The number of carbonyl (C=O) groups excluding carboxylic acids is 1. The van der Waals surface area contributed by atoms with Crippen molar-refractivity contribution in [3.63, 3.8) is 0 Å². The van der Waals surface area contributed by atoms with E-state index in [2.05, 4.69) is 15.5 Å². The summed E-state index contributed by atoms with van der Waals surface area (Å²) in [5, 5.41) is 14.0. The highest BCUT2D eigenvalue weighted by atomic mass is 16.4. The summed E-state index contributed by atoms with van der Waals surface area (Å²) in [5.41, 5.74) is 0. The van der Waals surface area contributed by atoms with Gasteiger partial charge >= 0.3 is 12.0 Å².